The van der Waals surface area contributed by atoms with Gasteiger partial charge in [-0.25, -0.2) is 9.78 Å². The first-order valence-electron chi connectivity index (χ1n) is 8.94. The van der Waals surface area contributed by atoms with Crippen LogP contribution >= 0.6 is 0 Å². The van der Waals surface area contributed by atoms with Crippen LogP contribution in [-0.4, -0.2) is 54.6 Å². The number of anilines is 1. The SMILES string of the molecule is COc1cc(NC(=O)COC(=O)c2cnc3c(c2)c(C)nn3C)cc(OC)c1OC. The van der Waals surface area contributed by atoms with Crippen LogP contribution in [0.1, 0.15) is 16.1 Å². The second kappa shape index (κ2) is 8.68. The normalized spacial score (nSPS) is 10.6. The van der Waals surface area contributed by atoms with Crippen molar-refractivity contribution in [3.63, 3.8) is 0 Å². The number of carbonyl (C=O) groups excluding carboxylic acids is 2. The molecular weight excluding hydrogens is 392 g/mol. The molecule has 10 nitrogen and oxygen atoms in total. The molecule has 0 aliphatic heterocycles. The smallest absolute Gasteiger partial charge is 0.340 e. The van der Waals surface area contributed by atoms with E-state index in [4.69, 9.17) is 18.9 Å². The predicted molar refractivity (Wildman–Crippen MR) is 108 cm³/mol. The number of carbonyl (C=O) groups is 2. The van der Waals surface area contributed by atoms with E-state index in [2.05, 4.69) is 15.4 Å². The van der Waals surface area contributed by atoms with Gasteiger partial charge in [-0.1, -0.05) is 0 Å². The molecule has 0 saturated carbocycles. The van der Waals surface area contributed by atoms with Gasteiger partial charge in [-0.2, -0.15) is 5.10 Å². The molecule has 0 atom stereocenters. The molecule has 2 aromatic heterocycles. The number of ether oxygens (including phenoxy) is 4. The van der Waals surface area contributed by atoms with Crippen molar-refractivity contribution in [3.05, 3.63) is 35.7 Å². The Morgan fingerprint density at radius 3 is 2.33 bits per heavy atom. The topological polar surface area (TPSA) is 114 Å². The number of esters is 1. The predicted octanol–water partition coefficient (Wildman–Crippen LogP) is 2.10. The number of amides is 1. The highest BCUT2D eigenvalue weighted by Crippen LogP contribution is 2.39. The molecule has 0 saturated heterocycles. The molecular formula is C20H22N4O6. The van der Waals surface area contributed by atoms with Gasteiger partial charge >= 0.3 is 5.97 Å². The van der Waals surface area contributed by atoms with Crippen LogP contribution < -0.4 is 19.5 Å². The van der Waals surface area contributed by atoms with Crippen molar-refractivity contribution < 1.29 is 28.5 Å². The maximum atomic E-state index is 12.3. The molecule has 0 bridgehead atoms. The van der Waals surface area contributed by atoms with E-state index >= 15 is 0 Å². The molecule has 0 spiro atoms. The van der Waals surface area contributed by atoms with E-state index in [0.29, 0.717) is 28.6 Å². The molecule has 3 aromatic rings. The van der Waals surface area contributed by atoms with Gasteiger partial charge < -0.3 is 24.3 Å². The number of methoxy groups -OCH3 is 3. The number of rotatable bonds is 7. The Balaban J connectivity index is 1.67. The number of benzene rings is 1. The lowest BCUT2D eigenvalue weighted by Gasteiger charge is -2.14. The molecule has 1 amide bonds. The molecule has 1 aromatic carbocycles. The molecule has 0 aliphatic carbocycles. The Kier molecular flexibility index (Phi) is 6.05. The highest BCUT2D eigenvalue weighted by atomic mass is 16.5. The standard InChI is InChI=1S/C20H22N4O6/c1-11-14-6-12(9-21-19(14)24(2)23-11)20(26)30-10-17(25)22-13-7-15(27-3)18(29-5)16(8-13)28-4/h6-9H,10H2,1-5H3,(H,22,25). The minimum absolute atomic E-state index is 0.235. The summed E-state index contributed by atoms with van der Waals surface area (Å²) >= 11 is 0. The summed E-state index contributed by atoms with van der Waals surface area (Å²) < 4.78 is 22.5. The number of hydrogen-bond donors (Lipinski definition) is 1. The molecule has 0 fully saturated rings. The van der Waals surface area contributed by atoms with Crippen LogP contribution in [-0.2, 0) is 16.6 Å². The summed E-state index contributed by atoms with van der Waals surface area (Å²) in [6.07, 6.45) is 1.39. The van der Waals surface area contributed by atoms with Crippen molar-refractivity contribution in [2.75, 3.05) is 33.3 Å². The van der Waals surface area contributed by atoms with Gasteiger partial charge in [0, 0.05) is 36.5 Å². The molecule has 3 rings (SSSR count). The number of aromatic nitrogens is 3. The van der Waals surface area contributed by atoms with Gasteiger partial charge in [-0.3, -0.25) is 9.48 Å². The fraction of sp³-hybridized carbons (Fsp3) is 0.300. The minimum Gasteiger partial charge on any atom is -0.493 e. The number of aryl methyl sites for hydroxylation is 2. The summed E-state index contributed by atoms with van der Waals surface area (Å²) in [5.41, 5.74) is 2.04. The number of fused-ring (bicyclic) bond motifs is 1. The van der Waals surface area contributed by atoms with E-state index in [9.17, 15) is 9.59 Å². The third-order valence-electron chi connectivity index (χ3n) is 4.38. The van der Waals surface area contributed by atoms with Crippen molar-refractivity contribution >= 4 is 28.6 Å². The van der Waals surface area contributed by atoms with Crippen LogP contribution in [0.25, 0.3) is 11.0 Å². The summed E-state index contributed by atoms with van der Waals surface area (Å²) in [7, 11) is 6.20. The Labute approximate surface area is 172 Å². The van der Waals surface area contributed by atoms with Gasteiger partial charge in [0.05, 0.1) is 32.6 Å². The van der Waals surface area contributed by atoms with Crippen molar-refractivity contribution in [1.82, 2.24) is 14.8 Å². The maximum Gasteiger partial charge on any atom is 0.340 e. The first kappa shape index (κ1) is 20.9. The summed E-state index contributed by atoms with van der Waals surface area (Å²) in [6, 6.07) is 4.79. The highest BCUT2D eigenvalue weighted by molar-refractivity contribution is 5.97. The van der Waals surface area contributed by atoms with Crippen LogP contribution in [0.3, 0.4) is 0 Å². The second-order valence-corrected chi connectivity index (χ2v) is 6.34. The lowest BCUT2D eigenvalue weighted by Crippen LogP contribution is -2.21. The van der Waals surface area contributed by atoms with E-state index in [1.807, 2.05) is 6.92 Å². The van der Waals surface area contributed by atoms with E-state index in [-0.39, 0.29) is 5.56 Å². The van der Waals surface area contributed by atoms with Crippen LogP contribution in [0.4, 0.5) is 5.69 Å². The van der Waals surface area contributed by atoms with Crippen LogP contribution in [0.2, 0.25) is 0 Å². The van der Waals surface area contributed by atoms with Crippen molar-refractivity contribution in [3.8, 4) is 17.2 Å². The average Bonchev–Trinajstić information content (AvgIpc) is 3.04. The van der Waals surface area contributed by atoms with E-state index in [0.717, 1.165) is 11.1 Å². The maximum absolute atomic E-state index is 12.3. The molecule has 30 heavy (non-hydrogen) atoms. The zero-order valence-corrected chi connectivity index (χ0v) is 17.3. The van der Waals surface area contributed by atoms with Crippen molar-refractivity contribution in [1.29, 1.82) is 0 Å². The summed E-state index contributed by atoms with van der Waals surface area (Å²) in [5, 5.41) is 7.64. The van der Waals surface area contributed by atoms with Crippen molar-refractivity contribution in [2.45, 2.75) is 6.92 Å². The molecule has 158 valence electrons. The quantitative estimate of drug-likeness (QED) is 0.585. The Morgan fingerprint density at radius 2 is 1.73 bits per heavy atom. The highest BCUT2D eigenvalue weighted by Gasteiger charge is 2.17. The van der Waals surface area contributed by atoms with E-state index < -0.39 is 18.5 Å². The second-order valence-electron chi connectivity index (χ2n) is 6.34. The average molecular weight is 414 g/mol. The minimum atomic E-state index is -0.660. The lowest BCUT2D eigenvalue weighted by atomic mass is 10.2. The van der Waals surface area contributed by atoms with E-state index in [1.54, 1.807) is 29.9 Å². The summed E-state index contributed by atoms with van der Waals surface area (Å²) in [5.74, 6) is -0.0133. The molecule has 0 aliphatic rings. The largest absolute Gasteiger partial charge is 0.493 e. The summed E-state index contributed by atoms with van der Waals surface area (Å²) in [4.78, 5) is 28.8. The first-order valence-corrected chi connectivity index (χ1v) is 8.94. The van der Waals surface area contributed by atoms with Crippen LogP contribution in [0, 0.1) is 6.92 Å². The fourth-order valence-corrected chi connectivity index (χ4v) is 2.98. The van der Waals surface area contributed by atoms with Gasteiger partial charge in [-0.15, -0.1) is 0 Å². The van der Waals surface area contributed by atoms with Gasteiger partial charge in [0.15, 0.2) is 23.8 Å². The van der Waals surface area contributed by atoms with E-state index in [1.165, 1.54) is 27.5 Å². The van der Waals surface area contributed by atoms with Gasteiger partial charge in [0.2, 0.25) is 5.75 Å². The summed E-state index contributed by atoms with van der Waals surface area (Å²) in [6.45, 7) is 1.35. The number of nitrogens with one attached hydrogen (secondary N) is 1. The Bertz CT molecular complexity index is 1080. The molecule has 0 radical (unpaired) electrons. The molecule has 0 unspecified atom stereocenters. The molecule has 1 N–H and O–H groups in total. The van der Waals surface area contributed by atoms with Crippen LogP contribution in [0.5, 0.6) is 17.2 Å². The van der Waals surface area contributed by atoms with Crippen molar-refractivity contribution in [2.24, 2.45) is 7.05 Å². The van der Waals surface area contributed by atoms with Gasteiger partial charge in [-0.05, 0) is 13.0 Å². The molecule has 10 heteroatoms. The van der Waals surface area contributed by atoms with Crippen LogP contribution in [0.15, 0.2) is 24.4 Å². The molecule has 2 heterocycles. The monoisotopic (exact) mass is 414 g/mol. The third kappa shape index (κ3) is 4.12. The fourth-order valence-electron chi connectivity index (χ4n) is 2.98. The van der Waals surface area contributed by atoms with Gasteiger partial charge in [0.1, 0.15) is 0 Å². The Hall–Kier alpha value is -3.82. The number of hydrogen-bond acceptors (Lipinski definition) is 8. The Morgan fingerprint density at radius 1 is 1.07 bits per heavy atom. The number of pyridine rings is 1. The third-order valence-corrected chi connectivity index (χ3v) is 4.38. The number of nitrogens with zero attached hydrogens (tertiary/aromatic N) is 3. The first-order chi connectivity index (χ1) is 14.4. The van der Waals surface area contributed by atoms with Gasteiger partial charge in [0.25, 0.3) is 5.91 Å². The zero-order chi connectivity index (χ0) is 21.8. The lowest BCUT2D eigenvalue weighted by molar-refractivity contribution is -0.119. The zero-order valence-electron chi connectivity index (χ0n) is 17.3.